The van der Waals surface area contributed by atoms with Crippen molar-refractivity contribution in [2.45, 2.75) is 30.0 Å². The molecule has 1 rings (SSSR count). The van der Waals surface area contributed by atoms with Gasteiger partial charge in [-0.05, 0) is 0 Å². The topological polar surface area (TPSA) is 34.1 Å². The van der Waals surface area contributed by atoms with Gasteiger partial charge in [0.1, 0.15) is 0 Å². The minimum atomic E-state index is -3.07. The number of hydrogen-bond donors (Lipinski definition) is 0. The van der Waals surface area contributed by atoms with E-state index in [2.05, 4.69) is 29.9 Å². The molecule has 0 N–H and O–H groups in total. The van der Waals surface area contributed by atoms with Gasteiger partial charge in [-0.3, -0.25) is 0 Å². The molecule has 0 heterocycles. The molecule has 0 fully saturated rings. The second-order valence-corrected chi connectivity index (χ2v) is 6.81. The molecule has 0 aliphatic rings. The van der Waals surface area contributed by atoms with Crippen molar-refractivity contribution in [2.75, 3.05) is 5.75 Å². The first-order valence-corrected chi connectivity index (χ1v) is 7.89. The number of hydrogen-bond acceptors (Lipinski definition) is 2. The maximum atomic E-state index is 11.7. The van der Waals surface area contributed by atoms with Crippen LogP contribution in [-0.2, 0) is 9.84 Å². The fraction of sp³-hybridized carbons (Fsp3) is 0.455. The zero-order valence-corrected chi connectivity index (χ0v) is 11.7. The fourth-order valence-electron chi connectivity index (χ4n) is 1.30. The first-order valence-electron chi connectivity index (χ1n) is 4.91. The van der Waals surface area contributed by atoms with E-state index in [1.165, 1.54) is 5.56 Å². The van der Waals surface area contributed by atoms with E-state index in [-0.39, 0.29) is 5.75 Å². The molecule has 0 amide bonds. The summed E-state index contributed by atoms with van der Waals surface area (Å²) in [5, 5.41) is 0.598. The average Bonchev–Trinajstić information content (AvgIpc) is 2.18. The van der Waals surface area contributed by atoms with Gasteiger partial charge in [0.2, 0.25) is 0 Å². The van der Waals surface area contributed by atoms with Crippen LogP contribution in [0.3, 0.4) is 0 Å². The van der Waals surface area contributed by atoms with E-state index in [0.29, 0.717) is 16.1 Å². The second-order valence-electron chi connectivity index (χ2n) is 3.77. The van der Waals surface area contributed by atoms with E-state index in [1.54, 1.807) is 12.1 Å². The van der Waals surface area contributed by atoms with Crippen molar-refractivity contribution >= 4 is 25.8 Å². The summed E-state index contributed by atoms with van der Waals surface area (Å²) in [5.74, 6) is 0.637. The van der Waals surface area contributed by atoms with Crippen LogP contribution in [0.25, 0.3) is 0 Å². The van der Waals surface area contributed by atoms with Crippen LogP contribution in [0.2, 0.25) is 5.32 Å². The molecule has 1 aromatic rings. The van der Waals surface area contributed by atoms with Crippen molar-refractivity contribution in [1.82, 2.24) is 0 Å². The number of rotatable bonds is 4. The van der Waals surface area contributed by atoms with Gasteiger partial charge >= 0.3 is 99.8 Å². The third-order valence-corrected chi connectivity index (χ3v) is 5.13. The molecule has 0 radical (unpaired) electrons. The van der Waals surface area contributed by atoms with Crippen molar-refractivity contribution in [2.24, 2.45) is 0 Å². The van der Waals surface area contributed by atoms with Crippen molar-refractivity contribution in [3.63, 3.8) is 0 Å². The summed E-state index contributed by atoms with van der Waals surface area (Å²) < 4.78 is 23.4. The summed E-state index contributed by atoms with van der Waals surface area (Å²) in [6.07, 6.45) is 0. The molecule has 0 saturated heterocycles. The van der Waals surface area contributed by atoms with E-state index in [9.17, 15) is 8.42 Å². The molecule has 0 aliphatic heterocycles. The number of benzene rings is 1. The van der Waals surface area contributed by atoms with E-state index in [4.69, 9.17) is 0 Å². The molecule has 15 heavy (non-hydrogen) atoms. The third kappa shape index (κ3) is 3.33. The van der Waals surface area contributed by atoms with Crippen LogP contribution in [0.4, 0.5) is 0 Å². The molecule has 0 atom stereocenters. The zero-order valence-electron chi connectivity index (χ0n) is 8.97. The number of sulfone groups is 1. The second kappa shape index (κ2) is 5.15. The Bertz CT molecular complexity index is 407. The van der Waals surface area contributed by atoms with Gasteiger partial charge in [0.15, 0.2) is 0 Å². The molecule has 4 heteroatoms. The zero-order chi connectivity index (χ0) is 11.5. The Morgan fingerprint density at radius 3 is 2.13 bits per heavy atom. The first-order chi connectivity index (χ1) is 6.97. The summed E-state index contributed by atoms with van der Waals surface area (Å²) >= 11 is 2.30. The molecule has 1 aromatic carbocycles. The van der Waals surface area contributed by atoms with E-state index >= 15 is 0 Å². The van der Waals surface area contributed by atoms with Crippen molar-refractivity contribution in [3.8, 4) is 0 Å². The quantitative estimate of drug-likeness (QED) is 0.794. The van der Waals surface area contributed by atoms with Crippen LogP contribution in [0, 0.1) is 0 Å². The van der Waals surface area contributed by atoms with E-state index < -0.39 is 9.84 Å². The van der Waals surface area contributed by atoms with Gasteiger partial charge in [0.25, 0.3) is 0 Å². The first kappa shape index (κ1) is 12.8. The average molecular weight is 291 g/mol. The normalized spacial score (nSPS) is 12.0. The van der Waals surface area contributed by atoms with Crippen LogP contribution in [0.5, 0.6) is 0 Å². The van der Waals surface area contributed by atoms with Gasteiger partial charge in [0.05, 0.1) is 0 Å². The molecule has 0 aromatic heterocycles. The summed E-state index contributed by atoms with van der Waals surface area (Å²) in [6.45, 7) is 4.18. The van der Waals surface area contributed by atoms with Crippen LogP contribution in [0.1, 0.15) is 25.3 Å². The fourth-order valence-corrected chi connectivity index (χ4v) is 3.84. The van der Waals surface area contributed by atoms with Crippen LogP contribution < -0.4 is 0 Å². The Hall–Kier alpha value is -0.311. The third-order valence-electron chi connectivity index (χ3n) is 2.27. The van der Waals surface area contributed by atoms with E-state index in [0.717, 1.165) is 0 Å². The van der Waals surface area contributed by atoms with Crippen LogP contribution in [0.15, 0.2) is 29.2 Å². The summed E-state index contributed by atoms with van der Waals surface area (Å²) in [4.78, 5) is 0.429. The molecule has 84 valence electrons. The standard InChI is InChI=1S/C11H16O2SSe/c1-9(2)10-3-5-11(6-4-10)14(12,13)7-8-15/h3-6,9,15H,7-8H2,1-2H3. The molecule has 2 nitrogen and oxygen atoms in total. The van der Waals surface area contributed by atoms with Crippen molar-refractivity contribution in [1.29, 1.82) is 0 Å². The Morgan fingerprint density at radius 2 is 1.73 bits per heavy atom. The van der Waals surface area contributed by atoms with Crippen molar-refractivity contribution < 1.29 is 8.42 Å². The molecular formula is C11H16O2SSe. The SMILES string of the molecule is CC(C)c1ccc(S(=O)(=O)CC[SeH])cc1. The Labute approximate surface area is 99.8 Å². The van der Waals surface area contributed by atoms with Gasteiger partial charge in [0, 0.05) is 0 Å². The maximum absolute atomic E-state index is 11.7. The van der Waals surface area contributed by atoms with E-state index in [1.807, 2.05) is 12.1 Å². The monoisotopic (exact) mass is 292 g/mol. The summed E-state index contributed by atoms with van der Waals surface area (Å²) in [5.41, 5.74) is 1.17. The minimum absolute atomic E-state index is 0.202. The van der Waals surface area contributed by atoms with Gasteiger partial charge in [-0.2, -0.15) is 0 Å². The predicted molar refractivity (Wildman–Crippen MR) is 64.5 cm³/mol. The predicted octanol–water partition coefficient (Wildman–Crippen LogP) is 1.90. The molecule has 0 unspecified atom stereocenters. The van der Waals surface area contributed by atoms with Crippen LogP contribution >= 0.6 is 0 Å². The summed E-state index contributed by atoms with van der Waals surface area (Å²) in [7, 11) is -3.07. The van der Waals surface area contributed by atoms with Gasteiger partial charge < -0.3 is 0 Å². The molecule has 0 aliphatic carbocycles. The molecule has 0 spiro atoms. The Morgan fingerprint density at radius 1 is 1.20 bits per heavy atom. The van der Waals surface area contributed by atoms with Gasteiger partial charge in [-0.1, -0.05) is 0 Å². The Balaban J connectivity index is 2.99. The van der Waals surface area contributed by atoms with Crippen molar-refractivity contribution in [3.05, 3.63) is 29.8 Å². The molecule has 0 bridgehead atoms. The van der Waals surface area contributed by atoms with Gasteiger partial charge in [-0.25, -0.2) is 0 Å². The van der Waals surface area contributed by atoms with Crippen LogP contribution in [-0.4, -0.2) is 30.2 Å². The summed E-state index contributed by atoms with van der Waals surface area (Å²) in [6, 6.07) is 7.19. The Kier molecular flexibility index (Phi) is 4.38. The molecule has 0 saturated carbocycles. The molecular weight excluding hydrogens is 275 g/mol. The van der Waals surface area contributed by atoms with Gasteiger partial charge in [-0.15, -0.1) is 0 Å².